The molecule has 1 aromatic rings. The summed E-state index contributed by atoms with van der Waals surface area (Å²) >= 11 is 0. The lowest BCUT2D eigenvalue weighted by atomic mass is 9.99. The standard InChI is InChI=1S/C12H11NO2/c1-2-11-9(6-7-12(14)15)4-3-5-10(11)8-13/h3-7H,2H2,1H3,(H,14,15). The maximum absolute atomic E-state index is 10.4. The van der Waals surface area contributed by atoms with Gasteiger partial charge in [0.25, 0.3) is 0 Å². The first-order valence-corrected chi connectivity index (χ1v) is 4.62. The van der Waals surface area contributed by atoms with Gasteiger partial charge in [-0.25, -0.2) is 4.79 Å². The second-order valence-corrected chi connectivity index (χ2v) is 3.01. The van der Waals surface area contributed by atoms with Gasteiger partial charge in [0.2, 0.25) is 0 Å². The fourth-order valence-corrected chi connectivity index (χ4v) is 1.42. The van der Waals surface area contributed by atoms with Gasteiger partial charge in [0.05, 0.1) is 11.6 Å². The Bertz CT molecular complexity index is 441. The first-order chi connectivity index (χ1) is 7.19. The quantitative estimate of drug-likeness (QED) is 0.762. The number of rotatable bonds is 3. The molecule has 0 fully saturated rings. The number of benzene rings is 1. The van der Waals surface area contributed by atoms with E-state index in [9.17, 15) is 4.79 Å². The topological polar surface area (TPSA) is 61.1 Å². The van der Waals surface area contributed by atoms with Crippen LogP contribution in [0, 0.1) is 11.3 Å². The molecule has 0 radical (unpaired) electrons. The van der Waals surface area contributed by atoms with Gasteiger partial charge in [0.15, 0.2) is 0 Å². The van der Waals surface area contributed by atoms with Crippen molar-refractivity contribution in [3.05, 3.63) is 41.0 Å². The second-order valence-electron chi connectivity index (χ2n) is 3.01. The normalized spacial score (nSPS) is 10.1. The number of nitrogens with zero attached hydrogens (tertiary/aromatic N) is 1. The summed E-state index contributed by atoms with van der Waals surface area (Å²) in [4.78, 5) is 10.4. The molecule has 76 valence electrons. The summed E-state index contributed by atoms with van der Waals surface area (Å²) in [5, 5.41) is 17.4. The molecule has 15 heavy (non-hydrogen) atoms. The molecule has 0 saturated heterocycles. The summed E-state index contributed by atoms with van der Waals surface area (Å²) in [5.41, 5.74) is 2.28. The van der Waals surface area contributed by atoms with E-state index in [4.69, 9.17) is 10.4 Å². The predicted octanol–water partition coefficient (Wildman–Crippen LogP) is 2.22. The summed E-state index contributed by atoms with van der Waals surface area (Å²) in [6, 6.07) is 7.38. The molecule has 0 atom stereocenters. The molecular formula is C12H11NO2. The third kappa shape index (κ3) is 2.68. The van der Waals surface area contributed by atoms with Crippen molar-refractivity contribution in [2.75, 3.05) is 0 Å². The molecule has 0 aliphatic rings. The highest BCUT2D eigenvalue weighted by atomic mass is 16.4. The van der Waals surface area contributed by atoms with Gasteiger partial charge in [-0.1, -0.05) is 19.1 Å². The summed E-state index contributed by atoms with van der Waals surface area (Å²) in [6.07, 6.45) is 3.31. The Morgan fingerprint density at radius 3 is 2.87 bits per heavy atom. The lowest BCUT2D eigenvalue weighted by Crippen LogP contribution is -1.93. The van der Waals surface area contributed by atoms with Crippen LogP contribution in [0.5, 0.6) is 0 Å². The maximum atomic E-state index is 10.4. The van der Waals surface area contributed by atoms with E-state index in [0.29, 0.717) is 12.0 Å². The van der Waals surface area contributed by atoms with Gasteiger partial charge in [0.1, 0.15) is 0 Å². The highest BCUT2D eigenvalue weighted by Gasteiger charge is 2.03. The molecule has 0 unspecified atom stereocenters. The summed E-state index contributed by atoms with van der Waals surface area (Å²) in [6.45, 7) is 1.94. The molecule has 0 bridgehead atoms. The van der Waals surface area contributed by atoms with Crippen molar-refractivity contribution in [1.82, 2.24) is 0 Å². The van der Waals surface area contributed by atoms with Crippen LogP contribution < -0.4 is 0 Å². The summed E-state index contributed by atoms with van der Waals surface area (Å²) in [7, 11) is 0. The Balaban J connectivity index is 3.19. The number of carboxylic acid groups (broad SMARTS) is 1. The SMILES string of the molecule is CCc1c(C#N)cccc1C=CC(=O)O. The fraction of sp³-hybridized carbons (Fsp3) is 0.167. The highest BCUT2D eigenvalue weighted by molar-refractivity contribution is 5.85. The van der Waals surface area contributed by atoms with E-state index in [1.54, 1.807) is 18.2 Å². The Morgan fingerprint density at radius 2 is 2.33 bits per heavy atom. The van der Waals surface area contributed by atoms with Crippen molar-refractivity contribution in [2.24, 2.45) is 0 Å². The number of hydrogen-bond acceptors (Lipinski definition) is 2. The van der Waals surface area contributed by atoms with Gasteiger partial charge in [-0.2, -0.15) is 5.26 Å². The molecular weight excluding hydrogens is 190 g/mol. The van der Waals surface area contributed by atoms with E-state index in [0.717, 1.165) is 17.2 Å². The van der Waals surface area contributed by atoms with Crippen LogP contribution in [0.15, 0.2) is 24.3 Å². The van der Waals surface area contributed by atoms with Gasteiger partial charge in [0, 0.05) is 6.08 Å². The number of aliphatic carboxylic acids is 1. The Hall–Kier alpha value is -2.08. The van der Waals surface area contributed by atoms with Crippen molar-refractivity contribution in [2.45, 2.75) is 13.3 Å². The number of carboxylic acids is 1. The average Bonchev–Trinajstić information content (AvgIpc) is 2.25. The van der Waals surface area contributed by atoms with Gasteiger partial charge < -0.3 is 5.11 Å². The Morgan fingerprint density at radius 1 is 1.60 bits per heavy atom. The van der Waals surface area contributed by atoms with Crippen molar-refractivity contribution >= 4 is 12.0 Å². The van der Waals surface area contributed by atoms with E-state index in [2.05, 4.69) is 6.07 Å². The molecule has 0 spiro atoms. The molecule has 0 heterocycles. The van der Waals surface area contributed by atoms with Crippen molar-refractivity contribution in [3.63, 3.8) is 0 Å². The zero-order valence-electron chi connectivity index (χ0n) is 8.40. The number of nitriles is 1. The molecule has 0 aliphatic heterocycles. The minimum Gasteiger partial charge on any atom is -0.478 e. The smallest absolute Gasteiger partial charge is 0.328 e. The molecule has 0 aliphatic carbocycles. The largest absolute Gasteiger partial charge is 0.478 e. The van der Waals surface area contributed by atoms with Crippen LogP contribution in [0.1, 0.15) is 23.6 Å². The molecule has 1 rings (SSSR count). The van der Waals surface area contributed by atoms with E-state index >= 15 is 0 Å². The van der Waals surface area contributed by atoms with Gasteiger partial charge in [-0.3, -0.25) is 0 Å². The monoisotopic (exact) mass is 201 g/mol. The van der Waals surface area contributed by atoms with E-state index in [1.165, 1.54) is 6.08 Å². The van der Waals surface area contributed by atoms with Crippen molar-refractivity contribution < 1.29 is 9.90 Å². The van der Waals surface area contributed by atoms with Crippen LogP contribution in [0.2, 0.25) is 0 Å². The van der Waals surface area contributed by atoms with Gasteiger partial charge in [-0.15, -0.1) is 0 Å². The Labute approximate surface area is 88.3 Å². The lowest BCUT2D eigenvalue weighted by molar-refractivity contribution is -0.131. The van der Waals surface area contributed by atoms with Crippen LogP contribution >= 0.6 is 0 Å². The molecule has 0 saturated carbocycles. The third-order valence-electron chi connectivity index (χ3n) is 2.09. The average molecular weight is 201 g/mol. The lowest BCUT2D eigenvalue weighted by Gasteiger charge is -2.04. The highest BCUT2D eigenvalue weighted by Crippen LogP contribution is 2.16. The van der Waals surface area contributed by atoms with E-state index in [-0.39, 0.29) is 0 Å². The first-order valence-electron chi connectivity index (χ1n) is 4.62. The molecule has 1 N–H and O–H groups in total. The molecule has 3 nitrogen and oxygen atoms in total. The predicted molar refractivity (Wildman–Crippen MR) is 57.2 cm³/mol. The van der Waals surface area contributed by atoms with Gasteiger partial charge >= 0.3 is 5.97 Å². The number of hydrogen-bond donors (Lipinski definition) is 1. The maximum Gasteiger partial charge on any atom is 0.328 e. The second kappa shape index (κ2) is 4.97. The summed E-state index contributed by atoms with van der Waals surface area (Å²) in [5.74, 6) is -0.987. The van der Waals surface area contributed by atoms with Crippen LogP contribution in [-0.4, -0.2) is 11.1 Å². The molecule has 0 aromatic heterocycles. The van der Waals surface area contributed by atoms with Crippen LogP contribution in [0.4, 0.5) is 0 Å². The van der Waals surface area contributed by atoms with Crippen molar-refractivity contribution in [1.29, 1.82) is 5.26 Å². The molecule has 3 heteroatoms. The Kier molecular flexibility index (Phi) is 3.64. The zero-order valence-corrected chi connectivity index (χ0v) is 8.40. The zero-order chi connectivity index (χ0) is 11.3. The van der Waals surface area contributed by atoms with Crippen LogP contribution in [0.3, 0.4) is 0 Å². The van der Waals surface area contributed by atoms with Crippen LogP contribution in [-0.2, 0) is 11.2 Å². The first kappa shape index (κ1) is 11.0. The minimum atomic E-state index is -0.987. The minimum absolute atomic E-state index is 0.602. The molecule has 0 amide bonds. The van der Waals surface area contributed by atoms with Gasteiger partial charge in [-0.05, 0) is 29.7 Å². The molecule has 1 aromatic carbocycles. The van der Waals surface area contributed by atoms with Crippen LogP contribution in [0.25, 0.3) is 6.08 Å². The number of carbonyl (C=O) groups is 1. The van der Waals surface area contributed by atoms with E-state index < -0.39 is 5.97 Å². The summed E-state index contributed by atoms with van der Waals surface area (Å²) < 4.78 is 0. The van der Waals surface area contributed by atoms with E-state index in [1.807, 2.05) is 6.92 Å². The third-order valence-corrected chi connectivity index (χ3v) is 2.09. The van der Waals surface area contributed by atoms with Crippen molar-refractivity contribution in [3.8, 4) is 6.07 Å². The fourth-order valence-electron chi connectivity index (χ4n) is 1.42.